The highest BCUT2D eigenvalue weighted by Gasteiger charge is 2.33. The third-order valence-corrected chi connectivity index (χ3v) is 4.87. The van der Waals surface area contributed by atoms with Crippen molar-refractivity contribution in [3.63, 3.8) is 0 Å². The SMILES string of the molecule is O=C(Nc1ccccc1)C1=Cc2ccccc2S1(=O)=O. The van der Waals surface area contributed by atoms with Gasteiger partial charge in [-0.2, -0.15) is 0 Å². The summed E-state index contributed by atoms with van der Waals surface area (Å²) in [7, 11) is -3.72. The van der Waals surface area contributed by atoms with Gasteiger partial charge in [-0.1, -0.05) is 36.4 Å². The molecule has 0 aromatic heterocycles. The molecule has 20 heavy (non-hydrogen) atoms. The van der Waals surface area contributed by atoms with Gasteiger partial charge in [-0.3, -0.25) is 4.79 Å². The first-order chi connectivity index (χ1) is 9.59. The Hall–Kier alpha value is -2.40. The minimum atomic E-state index is -3.72. The fourth-order valence-corrected chi connectivity index (χ4v) is 3.59. The lowest BCUT2D eigenvalue weighted by Gasteiger charge is -2.05. The monoisotopic (exact) mass is 285 g/mol. The number of amides is 1. The molecule has 1 amide bonds. The quantitative estimate of drug-likeness (QED) is 0.922. The van der Waals surface area contributed by atoms with Crippen molar-refractivity contribution in [2.24, 2.45) is 0 Å². The van der Waals surface area contributed by atoms with Crippen molar-refractivity contribution in [2.45, 2.75) is 4.90 Å². The Balaban J connectivity index is 1.95. The molecular weight excluding hydrogens is 274 g/mol. The van der Waals surface area contributed by atoms with Crippen molar-refractivity contribution in [3.8, 4) is 0 Å². The van der Waals surface area contributed by atoms with Crippen LogP contribution in [0.5, 0.6) is 0 Å². The first-order valence-corrected chi connectivity index (χ1v) is 7.49. The molecule has 4 nitrogen and oxygen atoms in total. The molecule has 0 unspecified atom stereocenters. The van der Waals surface area contributed by atoms with Crippen LogP contribution in [0.4, 0.5) is 5.69 Å². The van der Waals surface area contributed by atoms with E-state index >= 15 is 0 Å². The number of rotatable bonds is 2. The van der Waals surface area contributed by atoms with Crippen molar-refractivity contribution < 1.29 is 13.2 Å². The number of nitrogens with one attached hydrogen (secondary N) is 1. The zero-order valence-electron chi connectivity index (χ0n) is 10.4. The second kappa shape index (κ2) is 4.61. The van der Waals surface area contributed by atoms with Gasteiger partial charge in [0.2, 0.25) is 9.84 Å². The van der Waals surface area contributed by atoms with E-state index in [9.17, 15) is 13.2 Å². The molecule has 0 saturated heterocycles. The molecule has 100 valence electrons. The number of para-hydroxylation sites is 1. The van der Waals surface area contributed by atoms with E-state index in [1.807, 2.05) is 6.07 Å². The van der Waals surface area contributed by atoms with Gasteiger partial charge in [-0.25, -0.2) is 8.42 Å². The predicted octanol–water partition coefficient (Wildman–Crippen LogP) is 2.45. The molecule has 0 bridgehead atoms. The van der Waals surface area contributed by atoms with E-state index in [0.29, 0.717) is 11.3 Å². The molecule has 3 rings (SSSR count). The third-order valence-electron chi connectivity index (χ3n) is 3.04. The minimum absolute atomic E-state index is 0.179. The first kappa shape index (κ1) is 12.6. The number of hydrogen-bond donors (Lipinski definition) is 1. The van der Waals surface area contributed by atoms with Crippen molar-refractivity contribution in [2.75, 3.05) is 5.32 Å². The summed E-state index contributed by atoms with van der Waals surface area (Å²) in [6, 6.07) is 15.3. The molecule has 0 radical (unpaired) electrons. The zero-order valence-corrected chi connectivity index (χ0v) is 11.2. The summed E-state index contributed by atoms with van der Waals surface area (Å²) in [5, 5.41) is 2.59. The molecule has 5 heteroatoms. The maximum Gasteiger partial charge on any atom is 0.267 e. The lowest BCUT2D eigenvalue weighted by atomic mass is 10.2. The van der Waals surface area contributed by atoms with Gasteiger partial charge in [0.05, 0.1) is 4.90 Å². The number of sulfone groups is 1. The summed E-state index contributed by atoms with van der Waals surface area (Å²) in [5.41, 5.74) is 1.11. The van der Waals surface area contributed by atoms with Gasteiger partial charge in [-0.15, -0.1) is 0 Å². The molecule has 2 aromatic carbocycles. The molecule has 1 aliphatic heterocycles. The highest BCUT2D eigenvalue weighted by molar-refractivity contribution is 7.96. The summed E-state index contributed by atoms with van der Waals surface area (Å²) in [4.78, 5) is 12.1. The van der Waals surface area contributed by atoms with Crippen LogP contribution in [-0.4, -0.2) is 14.3 Å². The number of benzene rings is 2. The second-order valence-electron chi connectivity index (χ2n) is 4.37. The average Bonchev–Trinajstić information content (AvgIpc) is 2.72. The Morgan fingerprint density at radius 2 is 1.55 bits per heavy atom. The van der Waals surface area contributed by atoms with Crippen LogP contribution in [0.3, 0.4) is 0 Å². The van der Waals surface area contributed by atoms with Crippen molar-refractivity contribution in [1.29, 1.82) is 0 Å². The Morgan fingerprint density at radius 3 is 2.25 bits per heavy atom. The standard InChI is InChI=1S/C15H11NO3S/c17-15(16-12-7-2-1-3-8-12)14-10-11-6-4-5-9-13(11)20(14,18)19/h1-10H,(H,16,17). The summed E-state index contributed by atoms with van der Waals surface area (Å²) in [6.45, 7) is 0. The predicted molar refractivity (Wildman–Crippen MR) is 76.7 cm³/mol. The molecule has 0 spiro atoms. The van der Waals surface area contributed by atoms with Crippen LogP contribution in [-0.2, 0) is 14.6 Å². The second-order valence-corrected chi connectivity index (χ2v) is 6.26. The molecule has 0 aliphatic carbocycles. The van der Waals surface area contributed by atoms with Gasteiger partial charge >= 0.3 is 0 Å². The lowest BCUT2D eigenvalue weighted by molar-refractivity contribution is -0.112. The largest absolute Gasteiger partial charge is 0.321 e. The average molecular weight is 285 g/mol. The Bertz CT molecular complexity index is 808. The minimum Gasteiger partial charge on any atom is -0.321 e. The normalized spacial score (nSPS) is 15.3. The summed E-state index contributed by atoms with van der Waals surface area (Å²) >= 11 is 0. The van der Waals surface area contributed by atoms with Crippen LogP contribution in [0.1, 0.15) is 5.56 Å². The fourth-order valence-electron chi connectivity index (χ4n) is 2.08. The van der Waals surface area contributed by atoms with Crippen LogP contribution < -0.4 is 5.32 Å². The van der Waals surface area contributed by atoms with Gasteiger partial charge in [0.1, 0.15) is 4.91 Å². The van der Waals surface area contributed by atoms with Crippen LogP contribution >= 0.6 is 0 Å². The maximum absolute atomic E-state index is 12.3. The fraction of sp³-hybridized carbons (Fsp3) is 0. The number of fused-ring (bicyclic) bond motifs is 1. The molecule has 1 heterocycles. The summed E-state index contributed by atoms with van der Waals surface area (Å²) in [5.74, 6) is -0.618. The Labute approximate surface area is 116 Å². The van der Waals surface area contributed by atoms with E-state index in [-0.39, 0.29) is 9.80 Å². The first-order valence-electron chi connectivity index (χ1n) is 6.01. The number of hydrogen-bond acceptors (Lipinski definition) is 3. The Morgan fingerprint density at radius 1 is 0.900 bits per heavy atom. The van der Waals surface area contributed by atoms with E-state index in [1.165, 1.54) is 12.1 Å². The van der Waals surface area contributed by atoms with Gasteiger partial charge in [-0.05, 0) is 29.8 Å². The summed E-state index contributed by atoms with van der Waals surface area (Å²) < 4.78 is 24.6. The molecule has 0 atom stereocenters. The van der Waals surface area contributed by atoms with E-state index < -0.39 is 15.7 Å². The van der Waals surface area contributed by atoms with E-state index in [4.69, 9.17) is 0 Å². The third kappa shape index (κ3) is 2.02. The van der Waals surface area contributed by atoms with Gasteiger partial charge < -0.3 is 5.32 Å². The van der Waals surface area contributed by atoms with Gasteiger partial charge in [0.15, 0.2) is 0 Å². The number of anilines is 1. The van der Waals surface area contributed by atoms with Gasteiger partial charge in [0, 0.05) is 5.69 Å². The van der Waals surface area contributed by atoms with E-state index in [1.54, 1.807) is 42.5 Å². The van der Waals surface area contributed by atoms with Crippen LogP contribution in [0, 0.1) is 0 Å². The highest BCUT2D eigenvalue weighted by Crippen LogP contribution is 2.32. The van der Waals surface area contributed by atoms with Crippen molar-refractivity contribution >= 4 is 27.5 Å². The molecule has 1 N–H and O–H groups in total. The van der Waals surface area contributed by atoms with E-state index in [0.717, 1.165) is 0 Å². The zero-order chi connectivity index (χ0) is 14.2. The maximum atomic E-state index is 12.3. The van der Waals surface area contributed by atoms with Crippen LogP contribution in [0.15, 0.2) is 64.4 Å². The molecule has 0 saturated carbocycles. The summed E-state index contributed by atoms with van der Waals surface area (Å²) in [6.07, 6.45) is 1.41. The smallest absolute Gasteiger partial charge is 0.267 e. The van der Waals surface area contributed by atoms with Crippen molar-refractivity contribution in [1.82, 2.24) is 0 Å². The topological polar surface area (TPSA) is 63.2 Å². The number of carbonyl (C=O) groups is 1. The van der Waals surface area contributed by atoms with Crippen LogP contribution in [0.2, 0.25) is 0 Å². The highest BCUT2D eigenvalue weighted by atomic mass is 32.2. The van der Waals surface area contributed by atoms with Crippen molar-refractivity contribution in [3.05, 3.63) is 65.1 Å². The van der Waals surface area contributed by atoms with E-state index in [2.05, 4.69) is 5.32 Å². The molecule has 1 aliphatic rings. The van der Waals surface area contributed by atoms with Gasteiger partial charge in [0.25, 0.3) is 5.91 Å². The Kier molecular flexibility index (Phi) is 2.91. The van der Waals surface area contributed by atoms with Crippen LogP contribution in [0.25, 0.3) is 6.08 Å². The number of carbonyl (C=O) groups excluding carboxylic acids is 1. The lowest BCUT2D eigenvalue weighted by Crippen LogP contribution is -2.18. The molecule has 2 aromatic rings. The molecular formula is C15H11NO3S. The molecule has 0 fully saturated rings.